The van der Waals surface area contributed by atoms with Crippen molar-refractivity contribution in [2.75, 3.05) is 27.3 Å². The molecular formula is C23H31N3O5. The molecule has 3 aliphatic rings. The zero-order valence-electron chi connectivity index (χ0n) is 18.5. The topological polar surface area (TPSA) is 88.2 Å². The zero-order valence-corrected chi connectivity index (χ0v) is 18.5. The summed E-state index contributed by atoms with van der Waals surface area (Å²) in [5, 5.41) is 2.92. The highest BCUT2D eigenvalue weighted by Crippen LogP contribution is 2.40. The van der Waals surface area contributed by atoms with E-state index < -0.39 is 11.6 Å². The molecule has 2 heterocycles. The summed E-state index contributed by atoms with van der Waals surface area (Å²) in [6, 6.07) is 4.91. The second kappa shape index (κ2) is 8.40. The zero-order chi connectivity index (χ0) is 22.2. The van der Waals surface area contributed by atoms with Gasteiger partial charge < -0.3 is 19.7 Å². The molecule has 168 valence electrons. The second-order valence-corrected chi connectivity index (χ2v) is 8.79. The summed E-state index contributed by atoms with van der Waals surface area (Å²) >= 11 is 0. The summed E-state index contributed by atoms with van der Waals surface area (Å²) in [5.41, 5.74) is 0.0260. The van der Waals surface area contributed by atoms with Gasteiger partial charge in [-0.15, -0.1) is 0 Å². The van der Waals surface area contributed by atoms with Crippen LogP contribution in [0.5, 0.6) is 11.5 Å². The lowest BCUT2D eigenvalue weighted by molar-refractivity contribution is -0.141. The number of hydrogen-bond donors (Lipinski definition) is 1. The maximum atomic E-state index is 13.3. The number of imide groups is 1. The third-order valence-electron chi connectivity index (χ3n) is 7.16. The number of amides is 4. The average Bonchev–Trinajstić information content (AvgIpc) is 3.35. The maximum absolute atomic E-state index is 13.3. The number of hydrogen-bond acceptors (Lipinski definition) is 5. The minimum atomic E-state index is -0.851. The van der Waals surface area contributed by atoms with Crippen molar-refractivity contribution in [3.05, 3.63) is 23.8 Å². The number of methoxy groups -OCH3 is 2. The first-order valence-electron chi connectivity index (χ1n) is 11.1. The van der Waals surface area contributed by atoms with E-state index in [1.165, 1.54) is 0 Å². The van der Waals surface area contributed by atoms with E-state index in [0.717, 1.165) is 42.6 Å². The van der Waals surface area contributed by atoms with Crippen molar-refractivity contribution < 1.29 is 23.9 Å². The summed E-state index contributed by atoms with van der Waals surface area (Å²) in [4.78, 5) is 42.0. The monoisotopic (exact) mass is 429 g/mol. The van der Waals surface area contributed by atoms with Crippen LogP contribution in [0.3, 0.4) is 0 Å². The van der Waals surface area contributed by atoms with E-state index in [1.54, 1.807) is 19.1 Å². The fourth-order valence-corrected chi connectivity index (χ4v) is 5.35. The van der Waals surface area contributed by atoms with Crippen LogP contribution in [-0.2, 0) is 9.59 Å². The number of carbonyl (C=O) groups excluding carboxylic acids is 3. The predicted molar refractivity (Wildman–Crippen MR) is 114 cm³/mol. The fraction of sp³-hybridized carbons (Fsp3) is 0.609. The normalized spacial score (nSPS) is 28.2. The Morgan fingerprint density at radius 1 is 1.16 bits per heavy atom. The van der Waals surface area contributed by atoms with Crippen LogP contribution in [0.15, 0.2) is 18.2 Å². The molecule has 0 bridgehead atoms. The highest BCUT2D eigenvalue weighted by molar-refractivity contribution is 6.09. The van der Waals surface area contributed by atoms with Gasteiger partial charge in [0.1, 0.15) is 23.6 Å². The van der Waals surface area contributed by atoms with E-state index >= 15 is 0 Å². The molecule has 2 aliphatic heterocycles. The lowest BCUT2D eigenvalue weighted by atomic mass is 9.73. The number of rotatable bonds is 5. The summed E-state index contributed by atoms with van der Waals surface area (Å²) in [5.74, 6) is 0.968. The van der Waals surface area contributed by atoms with Crippen LogP contribution >= 0.6 is 0 Å². The van der Waals surface area contributed by atoms with Gasteiger partial charge in [-0.25, -0.2) is 4.79 Å². The van der Waals surface area contributed by atoms with Gasteiger partial charge in [0.25, 0.3) is 5.91 Å². The van der Waals surface area contributed by atoms with Crippen molar-refractivity contribution in [3.63, 3.8) is 0 Å². The predicted octanol–water partition coefficient (Wildman–Crippen LogP) is 2.87. The number of likely N-dealkylation sites (tertiary alicyclic amines) is 1. The highest BCUT2D eigenvalue weighted by atomic mass is 16.5. The van der Waals surface area contributed by atoms with Gasteiger partial charge in [-0.05, 0) is 49.8 Å². The molecule has 8 heteroatoms. The van der Waals surface area contributed by atoms with Gasteiger partial charge in [0.2, 0.25) is 5.91 Å². The molecular weight excluding hydrogens is 398 g/mol. The van der Waals surface area contributed by atoms with Crippen LogP contribution in [-0.4, -0.2) is 60.5 Å². The SMILES string of the molecule is COc1ccc(OC)c([C@H]2CCCN2C(=O)CN2C(=O)N[C@]3(CCCC[C@@H]3C)C2=O)c1. The molecule has 1 N–H and O–H groups in total. The molecule has 1 aromatic rings. The highest BCUT2D eigenvalue weighted by Gasteiger charge is 2.55. The Hall–Kier alpha value is -2.77. The van der Waals surface area contributed by atoms with Crippen molar-refractivity contribution in [3.8, 4) is 11.5 Å². The van der Waals surface area contributed by atoms with Gasteiger partial charge >= 0.3 is 6.03 Å². The van der Waals surface area contributed by atoms with E-state index in [4.69, 9.17) is 9.47 Å². The first kappa shape index (κ1) is 21.5. The Morgan fingerprint density at radius 2 is 1.97 bits per heavy atom. The van der Waals surface area contributed by atoms with Crippen LogP contribution in [0, 0.1) is 5.92 Å². The Kier molecular flexibility index (Phi) is 5.81. The van der Waals surface area contributed by atoms with Crippen molar-refractivity contribution in [2.45, 2.75) is 57.0 Å². The minimum Gasteiger partial charge on any atom is -0.497 e. The molecule has 31 heavy (non-hydrogen) atoms. The van der Waals surface area contributed by atoms with Crippen LogP contribution in [0.1, 0.15) is 57.1 Å². The molecule has 1 aliphatic carbocycles. The molecule has 3 atom stereocenters. The number of carbonyl (C=O) groups is 3. The molecule has 0 radical (unpaired) electrons. The molecule has 8 nitrogen and oxygen atoms in total. The lowest BCUT2D eigenvalue weighted by Gasteiger charge is -2.37. The third-order valence-corrected chi connectivity index (χ3v) is 7.16. The molecule has 1 aromatic carbocycles. The van der Waals surface area contributed by atoms with E-state index in [1.807, 2.05) is 25.1 Å². The summed E-state index contributed by atoms with van der Waals surface area (Å²) in [7, 11) is 3.20. The van der Waals surface area contributed by atoms with Crippen LogP contribution < -0.4 is 14.8 Å². The Bertz CT molecular complexity index is 888. The quantitative estimate of drug-likeness (QED) is 0.727. The van der Waals surface area contributed by atoms with Gasteiger partial charge in [0.05, 0.1) is 20.3 Å². The number of nitrogens with zero attached hydrogens (tertiary/aromatic N) is 2. The van der Waals surface area contributed by atoms with Crippen LogP contribution in [0.4, 0.5) is 4.79 Å². The van der Waals surface area contributed by atoms with Gasteiger partial charge in [-0.1, -0.05) is 19.8 Å². The van der Waals surface area contributed by atoms with Crippen LogP contribution in [0.2, 0.25) is 0 Å². The van der Waals surface area contributed by atoms with Crippen molar-refractivity contribution in [1.29, 1.82) is 0 Å². The molecule has 1 saturated carbocycles. The van der Waals surface area contributed by atoms with Gasteiger partial charge in [0, 0.05) is 12.1 Å². The van der Waals surface area contributed by atoms with Crippen LogP contribution in [0.25, 0.3) is 0 Å². The van der Waals surface area contributed by atoms with Crippen molar-refractivity contribution >= 4 is 17.8 Å². The Morgan fingerprint density at radius 3 is 2.68 bits per heavy atom. The number of ether oxygens (including phenoxy) is 2. The Balaban J connectivity index is 1.53. The summed E-state index contributed by atoms with van der Waals surface area (Å²) in [6.45, 7) is 2.35. The van der Waals surface area contributed by atoms with Gasteiger partial charge in [0.15, 0.2) is 0 Å². The molecule has 4 rings (SSSR count). The number of nitrogens with one attached hydrogen (secondary N) is 1. The molecule has 1 spiro atoms. The van der Waals surface area contributed by atoms with E-state index in [9.17, 15) is 14.4 Å². The van der Waals surface area contributed by atoms with E-state index in [0.29, 0.717) is 24.5 Å². The smallest absolute Gasteiger partial charge is 0.325 e. The van der Waals surface area contributed by atoms with Gasteiger partial charge in [-0.3, -0.25) is 14.5 Å². The van der Waals surface area contributed by atoms with Crippen molar-refractivity contribution in [1.82, 2.24) is 15.1 Å². The number of benzene rings is 1. The minimum absolute atomic E-state index is 0.0679. The summed E-state index contributed by atoms with van der Waals surface area (Å²) in [6.07, 6.45) is 5.13. The Labute approximate surface area is 182 Å². The summed E-state index contributed by atoms with van der Waals surface area (Å²) < 4.78 is 10.9. The van der Waals surface area contributed by atoms with E-state index in [2.05, 4.69) is 5.32 Å². The fourth-order valence-electron chi connectivity index (χ4n) is 5.35. The third kappa shape index (κ3) is 3.62. The largest absolute Gasteiger partial charge is 0.497 e. The standard InChI is InChI=1S/C23H31N3O5/c1-15-7-4-5-11-23(15)21(28)26(22(29)24-23)14-20(27)25-12-6-8-18(25)17-13-16(30-2)9-10-19(17)31-3/h9-10,13,15,18H,4-8,11-12,14H2,1-3H3,(H,24,29)/t15-,18+,23-/m0/s1. The molecule has 3 fully saturated rings. The van der Waals surface area contributed by atoms with Gasteiger partial charge in [-0.2, -0.15) is 0 Å². The first-order chi connectivity index (χ1) is 14.9. The van der Waals surface area contributed by atoms with E-state index in [-0.39, 0.29) is 30.3 Å². The molecule has 0 unspecified atom stereocenters. The first-order valence-corrected chi connectivity index (χ1v) is 11.1. The number of urea groups is 1. The second-order valence-electron chi connectivity index (χ2n) is 8.79. The lowest BCUT2D eigenvalue weighted by Crippen LogP contribution is -2.54. The molecule has 0 aromatic heterocycles. The molecule has 2 saturated heterocycles. The van der Waals surface area contributed by atoms with Crippen molar-refractivity contribution in [2.24, 2.45) is 5.92 Å². The maximum Gasteiger partial charge on any atom is 0.325 e. The molecule has 4 amide bonds. The average molecular weight is 430 g/mol.